The van der Waals surface area contributed by atoms with E-state index in [0.29, 0.717) is 28.4 Å². The second-order valence-corrected chi connectivity index (χ2v) is 6.27. The Labute approximate surface area is 151 Å². The number of benzene rings is 2. The Hall–Kier alpha value is -2.37. The van der Waals surface area contributed by atoms with Gasteiger partial charge < -0.3 is 15.4 Å². The number of hydrogen-bond donors (Lipinski definition) is 2. The molecule has 130 valence electrons. The topological polar surface area (TPSA) is 67.4 Å². The van der Waals surface area contributed by atoms with Gasteiger partial charge in [-0.3, -0.25) is 9.59 Å². The molecule has 2 aromatic carbocycles. The van der Waals surface area contributed by atoms with Gasteiger partial charge >= 0.3 is 0 Å². The van der Waals surface area contributed by atoms with Crippen LogP contribution in [0.5, 0.6) is 0 Å². The highest BCUT2D eigenvalue weighted by Crippen LogP contribution is 2.18. The van der Waals surface area contributed by atoms with Gasteiger partial charge in [-0.05, 0) is 43.2 Å². The highest BCUT2D eigenvalue weighted by atomic mass is 35.5. The van der Waals surface area contributed by atoms with E-state index in [9.17, 15) is 9.59 Å². The Morgan fingerprint density at radius 3 is 2.72 bits per heavy atom. The van der Waals surface area contributed by atoms with E-state index >= 15 is 0 Å². The molecule has 1 saturated heterocycles. The second-order valence-electron chi connectivity index (χ2n) is 5.86. The van der Waals surface area contributed by atoms with Gasteiger partial charge in [-0.15, -0.1) is 0 Å². The summed E-state index contributed by atoms with van der Waals surface area (Å²) in [6, 6.07) is 13.6. The van der Waals surface area contributed by atoms with Gasteiger partial charge in [0.25, 0.3) is 11.8 Å². The van der Waals surface area contributed by atoms with Crippen molar-refractivity contribution in [2.24, 2.45) is 0 Å². The largest absolute Gasteiger partial charge is 0.376 e. The fraction of sp³-hybridized carbons (Fsp3) is 0.263. The van der Waals surface area contributed by atoms with E-state index in [-0.39, 0.29) is 17.9 Å². The number of nitrogens with one attached hydrogen (secondary N) is 2. The van der Waals surface area contributed by atoms with Crippen molar-refractivity contribution in [1.82, 2.24) is 5.32 Å². The molecule has 0 aromatic heterocycles. The van der Waals surface area contributed by atoms with Crippen LogP contribution in [0.2, 0.25) is 5.02 Å². The molecule has 0 spiro atoms. The average Bonchev–Trinajstić information content (AvgIpc) is 3.14. The van der Waals surface area contributed by atoms with Crippen LogP contribution in [0.25, 0.3) is 0 Å². The van der Waals surface area contributed by atoms with Gasteiger partial charge in [-0.1, -0.05) is 29.8 Å². The molecule has 0 bridgehead atoms. The van der Waals surface area contributed by atoms with Crippen molar-refractivity contribution < 1.29 is 14.3 Å². The third kappa shape index (κ3) is 4.59. The summed E-state index contributed by atoms with van der Waals surface area (Å²) in [4.78, 5) is 24.6. The zero-order valence-electron chi connectivity index (χ0n) is 13.6. The van der Waals surface area contributed by atoms with Gasteiger partial charge in [0.1, 0.15) is 0 Å². The van der Waals surface area contributed by atoms with Crippen molar-refractivity contribution in [3.8, 4) is 0 Å². The van der Waals surface area contributed by atoms with Gasteiger partial charge in [0.15, 0.2) is 0 Å². The summed E-state index contributed by atoms with van der Waals surface area (Å²) in [6.07, 6.45) is 2.09. The Bertz CT molecular complexity index is 773. The Morgan fingerprint density at radius 1 is 1.12 bits per heavy atom. The molecule has 0 saturated carbocycles. The van der Waals surface area contributed by atoms with Gasteiger partial charge in [-0.2, -0.15) is 0 Å². The fourth-order valence-electron chi connectivity index (χ4n) is 2.70. The van der Waals surface area contributed by atoms with Gasteiger partial charge in [0, 0.05) is 24.4 Å². The summed E-state index contributed by atoms with van der Waals surface area (Å²) in [5.41, 5.74) is 1.40. The average molecular weight is 359 g/mol. The first-order chi connectivity index (χ1) is 12.1. The van der Waals surface area contributed by atoms with Crippen LogP contribution in [0.1, 0.15) is 33.6 Å². The van der Waals surface area contributed by atoms with Crippen molar-refractivity contribution in [3.05, 3.63) is 64.7 Å². The van der Waals surface area contributed by atoms with Crippen molar-refractivity contribution in [2.45, 2.75) is 18.9 Å². The molecule has 2 amide bonds. The highest BCUT2D eigenvalue weighted by Gasteiger charge is 2.17. The minimum Gasteiger partial charge on any atom is -0.376 e. The number of rotatable bonds is 5. The monoisotopic (exact) mass is 358 g/mol. The van der Waals surface area contributed by atoms with Gasteiger partial charge in [0.2, 0.25) is 0 Å². The van der Waals surface area contributed by atoms with E-state index in [4.69, 9.17) is 16.3 Å². The summed E-state index contributed by atoms with van der Waals surface area (Å²) in [6.45, 7) is 1.25. The summed E-state index contributed by atoms with van der Waals surface area (Å²) < 4.78 is 5.49. The van der Waals surface area contributed by atoms with E-state index in [1.165, 1.54) is 0 Å². The number of halogens is 1. The first kappa shape index (κ1) is 17.5. The summed E-state index contributed by atoms with van der Waals surface area (Å²) in [7, 11) is 0. The van der Waals surface area contributed by atoms with E-state index in [0.717, 1.165) is 19.4 Å². The molecule has 2 aromatic rings. The summed E-state index contributed by atoms with van der Waals surface area (Å²) >= 11 is 6.03. The molecule has 1 heterocycles. The number of carbonyl (C=O) groups is 2. The number of hydrogen-bond acceptors (Lipinski definition) is 3. The molecule has 1 aliphatic rings. The van der Waals surface area contributed by atoms with Crippen LogP contribution >= 0.6 is 11.6 Å². The first-order valence-electron chi connectivity index (χ1n) is 8.19. The quantitative estimate of drug-likeness (QED) is 0.859. The molecule has 6 heteroatoms. The lowest BCUT2D eigenvalue weighted by molar-refractivity contribution is 0.0857. The van der Waals surface area contributed by atoms with Crippen LogP contribution in [-0.4, -0.2) is 31.1 Å². The predicted octanol–water partition coefficient (Wildman–Crippen LogP) is 3.50. The maximum atomic E-state index is 12.3. The second kappa shape index (κ2) is 8.14. The van der Waals surface area contributed by atoms with Gasteiger partial charge in [0.05, 0.1) is 16.7 Å². The fourth-order valence-corrected chi connectivity index (χ4v) is 2.92. The van der Waals surface area contributed by atoms with E-state index < -0.39 is 0 Å². The third-order valence-corrected chi connectivity index (χ3v) is 4.34. The summed E-state index contributed by atoms with van der Waals surface area (Å²) in [5, 5.41) is 6.01. The number of ether oxygens (including phenoxy) is 1. The first-order valence-corrected chi connectivity index (χ1v) is 8.57. The van der Waals surface area contributed by atoms with E-state index in [1.807, 2.05) is 0 Å². The SMILES string of the molecule is O=C(NC[C@@H]1CCCO1)c1cccc(NC(=O)c2ccccc2Cl)c1. The maximum Gasteiger partial charge on any atom is 0.257 e. The molecule has 2 N–H and O–H groups in total. The minimum absolute atomic E-state index is 0.0899. The lowest BCUT2D eigenvalue weighted by atomic mass is 10.1. The molecule has 25 heavy (non-hydrogen) atoms. The van der Waals surface area contributed by atoms with E-state index in [2.05, 4.69) is 10.6 Å². The predicted molar refractivity (Wildman–Crippen MR) is 97.2 cm³/mol. The van der Waals surface area contributed by atoms with E-state index in [1.54, 1.807) is 48.5 Å². The molecule has 3 rings (SSSR count). The van der Waals surface area contributed by atoms with Crippen LogP contribution in [-0.2, 0) is 4.74 Å². The van der Waals surface area contributed by atoms with Crippen molar-refractivity contribution in [3.63, 3.8) is 0 Å². The van der Waals surface area contributed by atoms with Crippen LogP contribution < -0.4 is 10.6 Å². The smallest absolute Gasteiger partial charge is 0.257 e. The molecular weight excluding hydrogens is 340 g/mol. The number of anilines is 1. The molecule has 1 aliphatic heterocycles. The van der Waals surface area contributed by atoms with Crippen LogP contribution in [0.15, 0.2) is 48.5 Å². The highest BCUT2D eigenvalue weighted by molar-refractivity contribution is 6.34. The lowest BCUT2D eigenvalue weighted by Gasteiger charge is -2.12. The lowest BCUT2D eigenvalue weighted by Crippen LogP contribution is -2.31. The molecule has 0 radical (unpaired) electrons. The van der Waals surface area contributed by atoms with Crippen molar-refractivity contribution in [1.29, 1.82) is 0 Å². The van der Waals surface area contributed by atoms with Crippen LogP contribution in [0.3, 0.4) is 0 Å². The molecule has 0 aliphatic carbocycles. The van der Waals surface area contributed by atoms with Gasteiger partial charge in [-0.25, -0.2) is 0 Å². The van der Waals surface area contributed by atoms with Crippen molar-refractivity contribution in [2.75, 3.05) is 18.5 Å². The Kier molecular flexibility index (Phi) is 5.68. The minimum atomic E-state index is -0.317. The number of carbonyl (C=O) groups excluding carboxylic acids is 2. The normalized spacial score (nSPS) is 16.4. The molecule has 1 fully saturated rings. The molecular formula is C19H19ClN2O3. The van der Waals surface area contributed by atoms with Crippen LogP contribution in [0, 0.1) is 0 Å². The summed E-state index contributed by atoms with van der Waals surface area (Å²) in [5.74, 6) is -0.508. The zero-order chi connectivity index (χ0) is 17.6. The zero-order valence-corrected chi connectivity index (χ0v) is 14.4. The van der Waals surface area contributed by atoms with Crippen LogP contribution in [0.4, 0.5) is 5.69 Å². The third-order valence-electron chi connectivity index (χ3n) is 4.02. The molecule has 5 nitrogen and oxygen atoms in total. The number of amides is 2. The Morgan fingerprint density at radius 2 is 1.96 bits per heavy atom. The standard InChI is InChI=1S/C19H19ClN2O3/c20-17-9-2-1-8-16(17)19(24)22-14-6-3-5-13(11-14)18(23)21-12-15-7-4-10-25-15/h1-3,5-6,8-9,11,15H,4,7,10,12H2,(H,21,23)(H,22,24)/t15-/m0/s1. The Balaban J connectivity index is 1.63. The molecule has 1 atom stereocenters. The molecule has 0 unspecified atom stereocenters. The maximum absolute atomic E-state index is 12.3. The van der Waals surface area contributed by atoms with Crippen molar-refractivity contribution >= 4 is 29.1 Å².